The molecule has 2 aromatic rings. The van der Waals surface area contributed by atoms with E-state index in [1.54, 1.807) is 47.0 Å². The summed E-state index contributed by atoms with van der Waals surface area (Å²) in [7, 11) is -2.14. The van der Waals surface area contributed by atoms with Crippen molar-refractivity contribution in [3.8, 4) is 5.75 Å². The summed E-state index contributed by atoms with van der Waals surface area (Å²) in [4.78, 5) is 18.7. The molecule has 176 valence electrons. The van der Waals surface area contributed by atoms with Crippen molar-refractivity contribution >= 4 is 15.9 Å². The number of amides is 2. The van der Waals surface area contributed by atoms with Crippen molar-refractivity contribution in [2.24, 2.45) is 11.8 Å². The van der Waals surface area contributed by atoms with E-state index in [2.05, 4.69) is 10.3 Å². The molecule has 1 aliphatic rings. The Morgan fingerprint density at radius 1 is 1.34 bits per heavy atom. The van der Waals surface area contributed by atoms with Gasteiger partial charge in [0.1, 0.15) is 5.75 Å². The third kappa shape index (κ3) is 6.25. The molecular weight excluding hydrogens is 428 g/mol. The van der Waals surface area contributed by atoms with E-state index in [0.717, 1.165) is 18.5 Å². The van der Waals surface area contributed by atoms with E-state index in [1.165, 1.54) is 0 Å². The number of ether oxygens (including phenoxy) is 1. The molecule has 3 rings (SSSR count). The average Bonchev–Trinajstić information content (AvgIpc) is 3.46. The molecule has 0 saturated heterocycles. The van der Waals surface area contributed by atoms with Gasteiger partial charge in [-0.3, -0.25) is 0 Å². The third-order valence-electron chi connectivity index (χ3n) is 5.36. The molecule has 9 heteroatoms. The largest absolute Gasteiger partial charge is 0.497 e. The van der Waals surface area contributed by atoms with E-state index in [1.807, 2.05) is 20.8 Å². The first-order chi connectivity index (χ1) is 15.2. The smallest absolute Gasteiger partial charge is 0.317 e. The van der Waals surface area contributed by atoms with E-state index >= 15 is 0 Å². The molecule has 0 spiro atoms. The Bertz CT molecular complexity index is 1030. The Kier molecular flexibility index (Phi) is 7.82. The molecule has 0 aliphatic heterocycles. The summed E-state index contributed by atoms with van der Waals surface area (Å²) >= 11 is 0. The molecule has 1 N–H and O–H groups in total. The number of urea groups is 1. The summed E-state index contributed by atoms with van der Waals surface area (Å²) in [6.45, 7) is 8.02. The number of sulfone groups is 1. The number of nitrogens with one attached hydrogen (secondary N) is 1. The lowest BCUT2D eigenvalue weighted by molar-refractivity contribution is 0.191. The van der Waals surface area contributed by atoms with Crippen LogP contribution in [0, 0.1) is 11.8 Å². The Hall–Kier alpha value is -2.55. The van der Waals surface area contributed by atoms with Gasteiger partial charge in [-0.15, -0.1) is 0 Å². The Morgan fingerprint density at radius 2 is 2.09 bits per heavy atom. The van der Waals surface area contributed by atoms with Gasteiger partial charge in [-0.05, 0) is 49.3 Å². The minimum Gasteiger partial charge on any atom is -0.497 e. The molecule has 8 nitrogen and oxygen atoms in total. The second-order valence-electron chi connectivity index (χ2n) is 8.81. The van der Waals surface area contributed by atoms with Gasteiger partial charge in [-0.25, -0.2) is 18.2 Å². The summed E-state index contributed by atoms with van der Waals surface area (Å²) < 4.78 is 33.6. The molecule has 0 unspecified atom stereocenters. The Morgan fingerprint density at radius 3 is 2.72 bits per heavy atom. The van der Waals surface area contributed by atoms with E-state index in [-0.39, 0.29) is 22.9 Å². The maximum atomic E-state index is 13.3. The van der Waals surface area contributed by atoms with Crippen LogP contribution < -0.4 is 10.1 Å². The van der Waals surface area contributed by atoms with Gasteiger partial charge in [0.05, 0.1) is 31.3 Å². The monoisotopic (exact) mass is 462 g/mol. The van der Waals surface area contributed by atoms with E-state index in [0.29, 0.717) is 43.4 Å². The molecule has 0 atom stereocenters. The first kappa shape index (κ1) is 24.1. The zero-order valence-corrected chi connectivity index (χ0v) is 20.2. The average molecular weight is 463 g/mol. The molecular formula is C23H34N4O4S. The predicted molar refractivity (Wildman–Crippen MR) is 123 cm³/mol. The normalized spacial score (nSPS) is 13.9. The molecule has 32 heavy (non-hydrogen) atoms. The summed E-state index contributed by atoms with van der Waals surface area (Å²) in [5.74, 6) is 1.19. The molecule has 1 fully saturated rings. The van der Waals surface area contributed by atoms with E-state index in [4.69, 9.17) is 4.74 Å². The summed E-state index contributed by atoms with van der Waals surface area (Å²) in [6, 6.07) is 6.92. The highest BCUT2D eigenvalue weighted by Gasteiger charge is 2.29. The van der Waals surface area contributed by atoms with Gasteiger partial charge in [0.15, 0.2) is 0 Å². The minimum atomic E-state index is -3.69. The van der Waals surface area contributed by atoms with Crippen LogP contribution in [0.3, 0.4) is 0 Å². The fraction of sp³-hybridized carbons (Fsp3) is 0.565. The van der Waals surface area contributed by atoms with Gasteiger partial charge in [-0.1, -0.05) is 26.0 Å². The molecule has 1 aromatic heterocycles. The van der Waals surface area contributed by atoms with Gasteiger partial charge in [0.2, 0.25) is 15.0 Å². The fourth-order valence-electron chi connectivity index (χ4n) is 3.66. The van der Waals surface area contributed by atoms with Crippen LogP contribution in [0.1, 0.15) is 44.9 Å². The third-order valence-corrected chi connectivity index (χ3v) is 6.96. The van der Waals surface area contributed by atoms with Crippen molar-refractivity contribution in [1.82, 2.24) is 19.8 Å². The number of benzene rings is 1. The molecule has 2 amide bonds. The highest BCUT2D eigenvalue weighted by Crippen LogP contribution is 2.30. The highest BCUT2D eigenvalue weighted by atomic mass is 32.2. The molecule has 0 bridgehead atoms. The second-order valence-corrected chi connectivity index (χ2v) is 10.7. The van der Waals surface area contributed by atoms with Crippen molar-refractivity contribution in [2.75, 3.05) is 20.2 Å². The molecule has 1 saturated carbocycles. The van der Waals surface area contributed by atoms with Crippen molar-refractivity contribution in [2.45, 2.75) is 57.6 Å². The van der Waals surface area contributed by atoms with Crippen LogP contribution in [0.4, 0.5) is 4.79 Å². The number of carbonyl (C=O) groups is 1. The molecule has 0 radical (unpaired) electrons. The van der Waals surface area contributed by atoms with Gasteiger partial charge < -0.3 is 19.5 Å². The Labute approximate surface area is 190 Å². The van der Waals surface area contributed by atoms with Crippen LogP contribution in [0.25, 0.3) is 0 Å². The van der Waals surface area contributed by atoms with Crippen LogP contribution in [-0.2, 0) is 28.7 Å². The van der Waals surface area contributed by atoms with Gasteiger partial charge in [0, 0.05) is 19.6 Å². The van der Waals surface area contributed by atoms with Crippen molar-refractivity contribution in [1.29, 1.82) is 0 Å². The van der Waals surface area contributed by atoms with Crippen LogP contribution in [0.15, 0.2) is 35.6 Å². The lowest BCUT2D eigenvalue weighted by Crippen LogP contribution is -2.41. The number of nitrogens with zero attached hydrogens (tertiary/aromatic N) is 3. The molecule has 1 heterocycles. The fourth-order valence-corrected chi connectivity index (χ4v) is 5.15. The highest BCUT2D eigenvalue weighted by molar-refractivity contribution is 7.90. The predicted octanol–water partition coefficient (Wildman–Crippen LogP) is 3.46. The number of hydrogen-bond donors (Lipinski definition) is 1. The van der Waals surface area contributed by atoms with Crippen LogP contribution in [0.2, 0.25) is 0 Å². The van der Waals surface area contributed by atoms with Crippen molar-refractivity contribution in [3.63, 3.8) is 0 Å². The summed E-state index contributed by atoms with van der Waals surface area (Å²) in [5.41, 5.74) is 1.37. The number of rotatable bonds is 11. The SMILES string of the molecule is CCNC(=O)N(Cc1cnc(S(=O)(=O)Cc2cccc(OC)c2)n1CC(C)C)CC1CC1. The first-order valence-corrected chi connectivity index (χ1v) is 12.8. The number of imidazole rings is 1. The number of carbonyl (C=O) groups excluding carboxylic acids is 1. The van der Waals surface area contributed by atoms with E-state index in [9.17, 15) is 13.2 Å². The first-order valence-electron chi connectivity index (χ1n) is 11.2. The topological polar surface area (TPSA) is 93.5 Å². The van der Waals surface area contributed by atoms with Gasteiger partial charge >= 0.3 is 6.03 Å². The van der Waals surface area contributed by atoms with Crippen LogP contribution in [0.5, 0.6) is 5.75 Å². The standard InChI is InChI=1S/C23H34N4O4S/c1-5-24-22(28)26(14-18-9-10-18)15-20-12-25-23(27(20)13-17(2)3)32(29,30)16-19-7-6-8-21(11-19)31-4/h6-8,11-12,17-18H,5,9-10,13-16H2,1-4H3,(H,24,28). The zero-order chi connectivity index (χ0) is 23.3. The maximum absolute atomic E-state index is 13.3. The summed E-state index contributed by atoms with van der Waals surface area (Å²) in [5, 5.41) is 2.91. The second kappa shape index (κ2) is 10.4. The maximum Gasteiger partial charge on any atom is 0.317 e. The lowest BCUT2D eigenvalue weighted by Gasteiger charge is -2.24. The van der Waals surface area contributed by atoms with E-state index < -0.39 is 9.84 Å². The lowest BCUT2D eigenvalue weighted by atomic mass is 10.2. The number of methoxy groups -OCH3 is 1. The van der Waals surface area contributed by atoms with Gasteiger partial charge in [0.25, 0.3) is 0 Å². The zero-order valence-electron chi connectivity index (χ0n) is 19.4. The van der Waals surface area contributed by atoms with Crippen molar-refractivity contribution < 1.29 is 17.9 Å². The molecule has 1 aromatic carbocycles. The minimum absolute atomic E-state index is 0.0475. The summed E-state index contributed by atoms with van der Waals surface area (Å²) in [6.07, 6.45) is 3.85. The number of hydrogen-bond acceptors (Lipinski definition) is 5. The quantitative estimate of drug-likeness (QED) is 0.552. The van der Waals surface area contributed by atoms with Crippen LogP contribution >= 0.6 is 0 Å². The van der Waals surface area contributed by atoms with Crippen LogP contribution in [-0.4, -0.2) is 49.1 Å². The van der Waals surface area contributed by atoms with Gasteiger partial charge in [-0.2, -0.15) is 0 Å². The number of aromatic nitrogens is 2. The molecule has 1 aliphatic carbocycles. The Balaban J connectivity index is 1.90. The van der Waals surface area contributed by atoms with Crippen molar-refractivity contribution in [3.05, 3.63) is 41.7 Å².